The van der Waals surface area contributed by atoms with E-state index in [9.17, 15) is 4.79 Å². The predicted molar refractivity (Wildman–Crippen MR) is 60.9 cm³/mol. The molecule has 0 aromatic heterocycles. The quantitative estimate of drug-likeness (QED) is 0.794. The van der Waals surface area contributed by atoms with Gasteiger partial charge in [0.2, 0.25) is 0 Å². The zero-order chi connectivity index (χ0) is 11.5. The largest absolute Gasteiger partial charge is 0.475 e. The molecule has 0 bridgehead atoms. The maximum atomic E-state index is 11.4. The molecular weight excluding hydrogens is 260 g/mol. The van der Waals surface area contributed by atoms with Crippen molar-refractivity contribution in [3.8, 4) is 5.75 Å². The zero-order valence-electron chi connectivity index (χ0n) is 8.91. The number of carbonyl (C=O) groups excluding carboxylic acids is 1. The smallest absolute Gasteiger partial charge is 0.349 e. The van der Waals surface area contributed by atoms with Crippen molar-refractivity contribution >= 4 is 21.9 Å². The third-order valence-corrected chi connectivity index (χ3v) is 2.53. The van der Waals surface area contributed by atoms with Crippen LogP contribution in [0, 0.1) is 0 Å². The Morgan fingerprint density at radius 1 is 1.33 bits per heavy atom. The molecule has 0 saturated carbocycles. The van der Waals surface area contributed by atoms with Gasteiger partial charge in [0.1, 0.15) is 5.75 Å². The predicted octanol–water partition coefficient (Wildman–Crippen LogP) is 2.78. The van der Waals surface area contributed by atoms with E-state index in [0.717, 1.165) is 4.47 Å². The van der Waals surface area contributed by atoms with E-state index < -0.39 is 11.6 Å². The van der Waals surface area contributed by atoms with Gasteiger partial charge in [-0.1, -0.05) is 12.1 Å². The van der Waals surface area contributed by atoms with Gasteiger partial charge in [-0.25, -0.2) is 4.79 Å². The van der Waals surface area contributed by atoms with Crippen molar-refractivity contribution in [1.82, 2.24) is 0 Å². The Kier molecular flexibility index (Phi) is 3.74. The molecule has 0 aliphatic rings. The highest BCUT2D eigenvalue weighted by atomic mass is 79.9. The van der Waals surface area contributed by atoms with Crippen LogP contribution < -0.4 is 4.74 Å². The Labute approximate surface area is 97.5 Å². The maximum absolute atomic E-state index is 11.4. The first kappa shape index (κ1) is 12.0. The summed E-state index contributed by atoms with van der Waals surface area (Å²) in [4.78, 5) is 11.4. The van der Waals surface area contributed by atoms with E-state index in [1.165, 1.54) is 7.11 Å². The molecule has 0 unspecified atom stereocenters. The van der Waals surface area contributed by atoms with E-state index in [1.807, 2.05) is 18.2 Å². The van der Waals surface area contributed by atoms with E-state index in [0.29, 0.717) is 5.75 Å². The number of hydrogen-bond donors (Lipinski definition) is 0. The molecule has 1 aromatic rings. The Bertz CT molecular complexity index is 361. The number of methoxy groups -OCH3 is 1. The molecule has 3 nitrogen and oxygen atoms in total. The zero-order valence-corrected chi connectivity index (χ0v) is 10.5. The molecule has 0 saturated heterocycles. The molecule has 0 heterocycles. The fraction of sp³-hybridized carbons (Fsp3) is 0.364. The molecule has 0 aliphatic carbocycles. The minimum absolute atomic E-state index is 0.404. The number of rotatable bonds is 3. The van der Waals surface area contributed by atoms with Gasteiger partial charge in [-0.05, 0) is 41.9 Å². The molecule has 0 amide bonds. The van der Waals surface area contributed by atoms with E-state index in [2.05, 4.69) is 20.7 Å². The van der Waals surface area contributed by atoms with Gasteiger partial charge in [-0.3, -0.25) is 0 Å². The molecule has 0 aliphatic heterocycles. The molecule has 0 atom stereocenters. The standard InChI is InChI=1S/C11H13BrO3/c1-11(2,10(13)14-3)15-9-7-5-4-6-8(9)12/h4-7H,1-3H3. The first-order chi connectivity index (χ1) is 6.97. The third kappa shape index (κ3) is 2.96. The van der Waals surface area contributed by atoms with Crippen LogP contribution in [-0.2, 0) is 9.53 Å². The first-order valence-electron chi connectivity index (χ1n) is 4.49. The SMILES string of the molecule is COC(=O)C(C)(C)Oc1ccccc1Br. The lowest BCUT2D eigenvalue weighted by Gasteiger charge is -2.23. The summed E-state index contributed by atoms with van der Waals surface area (Å²) in [6.45, 7) is 3.33. The van der Waals surface area contributed by atoms with E-state index >= 15 is 0 Å². The van der Waals surface area contributed by atoms with Crippen molar-refractivity contribution in [3.63, 3.8) is 0 Å². The third-order valence-electron chi connectivity index (χ3n) is 1.88. The van der Waals surface area contributed by atoms with Crippen molar-refractivity contribution < 1.29 is 14.3 Å². The van der Waals surface area contributed by atoms with Crippen LogP contribution in [0.1, 0.15) is 13.8 Å². The van der Waals surface area contributed by atoms with Crippen molar-refractivity contribution in [2.24, 2.45) is 0 Å². The van der Waals surface area contributed by atoms with Crippen LogP contribution in [0.5, 0.6) is 5.75 Å². The molecule has 1 rings (SSSR count). The highest BCUT2D eigenvalue weighted by molar-refractivity contribution is 9.10. The van der Waals surface area contributed by atoms with E-state index in [4.69, 9.17) is 4.74 Å². The monoisotopic (exact) mass is 272 g/mol. The number of benzene rings is 1. The van der Waals surface area contributed by atoms with Crippen LogP contribution >= 0.6 is 15.9 Å². The van der Waals surface area contributed by atoms with Crippen molar-refractivity contribution in [2.45, 2.75) is 19.4 Å². The summed E-state index contributed by atoms with van der Waals surface area (Å²) < 4.78 is 11.0. The summed E-state index contributed by atoms with van der Waals surface area (Å²) in [5, 5.41) is 0. The van der Waals surface area contributed by atoms with Gasteiger partial charge < -0.3 is 9.47 Å². The molecular formula is C11H13BrO3. The van der Waals surface area contributed by atoms with Crippen LogP contribution in [0.15, 0.2) is 28.7 Å². The summed E-state index contributed by atoms with van der Waals surface area (Å²) in [5.41, 5.74) is -0.987. The van der Waals surface area contributed by atoms with Gasteiger partial charge in [0.15, 0.2) is 5.60 Å². The van der Waals surface area contributed by atoms with Gasteiger partial charge in [0, 0.05) is 0 Å². The number of carbonyl (C=O) groups is 1. The van der Waals surface area contributed by atoms with Gasteiger partial charge >= 0.3 is 5.97 Å². The van der Waals surface area contributed by atoms with Crippen molar-refractivity contribution in [1.29, 1.82) is 0 Å². The summed E-state index contributed by atoms with van der Waals surface area (Å²) in [5.74, 6) is 0.214. The number of halogens is 1. The second kappa shape index (κ2) is 4.66. The minimum atomic E-state index is -0.987. The van der Waals surface area contributed by atoms with Crippen LogP contribution in [-0.4, -0.2) is 18.7 Å². The molecule has 15 heavy (non-hydrogen) atoms. The molecule has 0 radical (unpaired) electrons. The molecule has 0 fully saturated rings. The minimum Gasteiger partial charge on any atom is -0.475 e. The fourth-order valence-corrected chi connectivity index (χ4v) is 1.46. The Hall–Kier alpha value is -1.03. The van der Waals surface area contributed by atoms with Gasteiger partial charge in [0.05, 0.1) is 11.6 Å². The lowest BCUT2D eigenvalue weighted by atomic mass is 10.1. The fourth-order valence-electron chi connectivity index (χ4n) is 1.09. The van der Waals surface area contributed by atoms with E-state index in [-0.39, 0.29) is 0 Å². The van der Waals surface area contributed by atoms with Gasteiger partial charge in [0.25, 0.3) is 0 Å². The van der Waals surface area contributed by atoms with Gasteiger partial charge in [-0.15, -0.1) is 0 Å². The number of para-hydroxylation sites is 1. The average molecular weight is 273 g/mol. The Balaban J connectivity index is 2.86. The Morgan fingerprint density at radius 3 is 2.47 bits per heavy atom. The summed E-state index contributed by atoms with van der Waals surface area (Å²) in [6, 6.07) is 7.35. The lowest BCUT2D eigenvalue weighted by Crippen LogP contribution is -2.39. The first-order valence-corrected chi connectivity index (χ1v) is 5.28. The van der Waals surface area contributed by atoms with Crippen LogP contribution in [0.25, 0.3) is 0 Å². The van der Waals surface area contributed by atoms with Crippen molar-refractivity contribution in [2.75, 3.05) is 7.11 Å². The topological polar surface area (TPSA) is 35.5 Å². The summed E-state index contributed by atoms with van der Waals surface area (Å²) >= 11 is 3.34. The summed E-state index contributed by atoms with van der Waals surface area (Å²) in [6.07, 6.45) is 0. The van der Waals surface area contributed by atoms with Crippen molar-refractivity contribution in [3.05, 3.63) is 28.7 Å². The highest BCUT2D eigenvalue weighted by Crippen LogP contribution is 2.27. The normalized spacial score (nSPS) is 10.9. The van der Waals surface area contributed by atoms with Gasteiger partial charge in [-0.2, -0.15) is 0 Å². The highest BCUT2D eigenvalue weighted by Gasteiger charge is 2.31. The molecule has 82 valence electrons. The van der Waals surface area contributed by atoms with Crippen LogP contribution in [0.4, 0.5) is 0 Å². The molecule has 0 N–H and O–H groups in total. The Morgan fingerprint density at radius 2 is 1.93 bits per heavy atom. The summed E-state index contributed by atoms with van der Waals surface area (Å²) in [7, 11) is 1.34. The molecule has 4 heteroatoms. The average Bonchev–Trinajstić information content (AvgIpc) is 2.20. The van der Waals surface area contributed by atoms with Crippen LogP contribution in [0.3, 0.4) is 0 Å². The molecule has 0 spiro atoms. The number of ether oxygens (including phenoxy) is 2. The number of esters is 1. The van der Waals surface area contributed by atoms with E-state index in [1.54, 1.807) is 19.9 Å². The molecule has 1 aromatic carbocycles. The van der Waals surface area contributed by atoms with Crippen LogP contribution in [0.2, 0.25) is 0 Å². The second-order valence-corrected chi connectivity index (χ2v) is 4.39. The lowest BCUT2D eigenvalue weighted by molar-refractivity contribution is -0.156. The maximum Gasteiger partial charge on any atom is 0.349 e. The number of hydrogen-bond acceptors (Lipinski definition) is 3. The second-order valence-electron chi connectivity index (χ2n) is 3.53.